The van der Waals surface area contributed by atoms with E-state index in [1.807, 2.05) is 53.3 Å². The minimum absolute atomic E-state index is 0.0185. The van der Waals surface area contributed by atoms with Gasteiger partial charge >= 0.3 is 0 Å². The van der Waals surface area contributed by atoms with Crippen molar-refractivity contribution in [3.05, 3.63) is 86.8 Å². The topological polar surface area (TPSA) is 105 Å². The Balaban J connectivity index is 1.49. The van der Waals surface area contributed by atoms with E-state index in [1.165, 1.54) is 6.07 Å². The molecule has 1 aliphatic carbocycles. The first kappa shape index (κ1) is 30.6. The molecule has 1 saturated carbocycles. The lowest BCUT2D eigenvalue weighted by Gasteiger charge is -2.35. The SMILES string of the molecule is CCCc1c(Cc2ccc(-c3cccc(F)c3C#N)cc2)c(=O)n(C2CCC(OC(C)C(C)(C)O)CC2)c2nc(C)nn12. The number of hydrogen-bond donors (Lipinski definition) is 1. The molecule has 0 amide bonds. The molecule has 8 nitrogen and oxygen atoms in total. The highest BCUT2D eigenvalue weighted by atomic mass is 19.1. The Morgan fingerprint density at radius 1 is 1.16 bits per heavy atom. The first-order valence-corrected chi connectivity index (χ1v) is 15.2. The average Bonchev–Trinajstić information content (AvgIpc) is 3.36. The van der Waals surface area contributed by atoms with E-state index in [0.29, 0.717) is 35.6 Å². The fourth-order valence-electron chi connectivity index (χ4n) is 6.01. The second-order valence-corrected chi connectivity index (χ2v) is 12.2. The van der Waals surface area contributed by atoms with Crippen LogP contribution in [-0.2, 0) is 17.6 Å². The largest absolute Gasteiger partial charge is 0.388 e. The molecular weight excluding hydrogens is 545 g/mol. The second kappa shape index (κ2) is 12.4. The zero-order chi connectivity index (χ0) is 30.9. The van der Waals surface area contributed by atoms with Gasteiger partial charge in [0.05, 0.1) is 29.1 Å². The molecule has 1 unspecified atom stereocenters. The summed E-state index contributed by atoms with van der Waals surface area (Å²) in [6.07, 6.45) is 4.79. The predicted molar refractivity (Wildman–Crippen MR) is 163 cm³/mol. The molecule has 1 atom stereocenters. The van der Waals surface area contributed by atoms with Gasteiger partial charge in [-0.1, -0.05) is 49.7 Å². The Labute approximate surface area is 251 Å². The Hall–Kier alpha value is -3.87. The molecule has 0 bridgehead atoms. The van der Waals surface area contributed by atoms with Gasteiger partial charge in [-0.05, 0) is 77.0 Å². The van der Waals surface area contributed by atoms with Crippen molar-refractivity contribution in [1.82, 2.24) is 19.2 Å². The summed E-state index contributed by atoms with van der Waals surface area (Å²) in [4.78, 5) is 19.0. The monoisotopic (exact) mass is 585 g/mol. The molecule has 5 rings (SSSR count). The van der Waals surface area contributed by atoms with Gasteiger partial charge in [0.1, 0.15) is 17.7 Å². The Morgan fingerprint density at radius 3 is 2.49 bits per heavy atom. The molecule has 2 aromatic heterocycles. The third kappa shape index (κ3) is 6.27. The van der Waals surface area contributed by atoms with Crippen molar-refractivity contribution in [2.75, 3.05) is 0 Å². The van der Waals surface area contributed by atoms with Crippen molar-refractivity contribution >= 4 is 5.78 Å². The molecule has 2 heterocycles. The summed E-state index contributed by atoms with van der Waals surface area (Å²) in [7, 11) is 0. The molecule has 0 saturated heterocycles. The number of benzene rings is 2. The maximum atomic E-state index is 14.3. The van der Waals surface area contributed by atoms with E-state index in [0.717, 1.165) is 48.9 Å². The molecule has 2 aromatic carbocycles. The fraction of sp³-hybridized carbons (Fsp3) is 0.471. The lowest BCUT2D eigenvalue weighted by molar-refractivity contribution is -0.118. The van der Waals surface area contributed by atoms with Gasteiger partial charge in [-0.2, -0.15) is 15.3 Å². The summed E-state index contributed by atoms with van der Waals surface area (Å²) in [6, 6.07) is 14.2. The molecule has 0 radical (unpaired) electrons. The van der Waals surface area contributed by atoms with Crippen LogP contribution in [0.25, 0.3) is 16.9 Å². The van der Waals surface area contributed by atoms with Crippen molar-refractivity contribution in [2.45, 2.75) is 103 Å². The maximum absolute atomic E-state index is 14.3. The molecule has 0 spiro atoms. The van der Waals surface area contributed by atoms with Gasteiger partial charge < -0.3 is 9.84 Å². The van der Waals surface area contributed by atoms with Crippen LogP contribution >= 0.6 is 0 Å². The minimum atomic E-state index is -0.920. The van der Waals surface area contributed by atoms with Crippen molar-refractivity contribution in [3.8, 4) is 17.2 Å². The van der Waals surface area contributed by atoms with Crippen molar-refractivity contribution in [2.24, 2.45) is 0 Å². The summed E-state index contributed by atoms with van der Waals surface area (Å²) in [5.74, 6) is 0.651. The summed E-state index contributed by atoms with van der Waals surface area (Å²) >= 11 is 0. The van der Waals surface area contributed by atoms with Crippen LogP contribution in [0, 0.1) is 24.1 Å². The van der Waals surface area contributed by atoms with Crippen LogP contribution in [0.1, 0.15) is 94.0 Å². The van der Waals surface area contributed by atoms with Gasteiger partial charge in [0.15, 0.2) is 0 Å². The zero-order valence-electron chi connectivity index (χ0n) is 25.6. The Kier molecular flexibility index (Phi) is 8.81. The number of rotatable bonds is 9. The number of aromatic nitrogens is 4. The maximum Gasteiger partial charge on any atom is 0.259 e. The lowest BCUT2D eigenvalue weighted by atomic mass is 9.91. The normalized spacial score (nSPS) is 18.1. The summed E-state index contributed by atoms with van der Waals surface area (Å²) in [6.45, 7) is 9.34. The molecule has 43 heavy (non-hydrogen) atoms. The lowest BCUT2D eigenvalue weighted by Crippen LogP contribution is -2.40. The average molecular weight is 586 g/mol. The number of nitrogens with zero attached hydrogens (tertiary/aromatic N) is 5. The van der Waals surface area contributed by atoms with E-state index in [-0.39, 0.29) is 29.4 Å². The fourth-order valence-corrected chi connectivity index (χ4v) is 6.01. The van der Waals surface area contributed by atoms with E-state index in [1.54, 1.807) is 26.0 Å². The van der Waals surface area contributed by atoms with Gasteiger partial charge in [0.25, 0.3) is 5.56 Å². The first-order valence-electron chi connectivity index (χ1n) is 15.2. The van der Waals surface area contributed by atoms with E-state index in [4.69, 9.17) is 14.8 Å². The minimum Gasteiger partial charge on any atom is -0.388 e. The summed E-state index contributed by atoms with van der Waals surface area (Å²) in [5, 5.41) is 24.5. The van der Waals surface area contributed by atoms with Gasteiger partial charge in [0.2, 0.25) is 5.78 Å². The molecular formula is C34H40FN5O3. The molecule has 1 fully saturated rings. The van der Waals surface area contributed by atoms with Gasteiger partial charge in [-0.15, -0.1) is 0 Å². The van der Waals surface area contributed by atoms with Crippen LogP contribution < -0.4 is 5.56 Å². The number of fused-ring (bicyclic) bond motifs is 1. The number of nitriles is 1. The Bertz CT molecular complexity index is 1700. The van der Waals surface area contributed by atoms with Crippen LogP contribution in [0.2, 0.25) is 0 Å². The van der Waals surface area contributed by atoms with Crippen LogP contribution in [0.3, 0.4) is 0 Å². The quantitative estimate of drug-likeness (QED) is 0.255. The highest BCUT2D eigenvalue weighted by Crippen LogP contribution is 2.33. The number of halogens is 1. The Morgan fingerprint density at radius 2 is 1.86 bits per heavy atom. The summed E-state index contributed by atoms with van der Waals surface area (Å²) < 4.78 is 24.1. The molecule has 1 N–H and O–H groups in total. The zero-order valence-corrected chi connectivity index (χ0v) is 25.6. The van der Waals surface area contributed by atoms with E-state index in [9.17, 15) is 19.6 Å². The number of ether oxygens (including phenoxy) is 1. The molecule has 9 heteroatoms. The van der Waals surface area contributed by atoms with Crippen LogP contribution in [0.15, 0.2) is 47.3 Å². The summed E-state index contributed by atoms with van der Waals surface area (Å²) in [5.41, 5.74) is 2.85. The third-order valence-electron chi connectivity index (χ3n) is 8.65. The third-order valence-corrected chi connectivity index (χ3v) is 8.65. The van der Waals surface area contributed by atoms with Gasteiger partial charge in [0, 0.05) is 23.6 Å². The first-order chi connectivity index (χ1) is 20.5. The standard InChI is InChI=1S/C34H40FN5O3/c1-6-8-31-28(19-23-11-13-24(14-12-23)27-9-7-10-30(35)29(27)20-36)32(41)39(33-37-22(3)38-40(31)33)25-15-17-26(18-16-25)43-21(2)34(4,5)42/h7,9-14,21,25-26,42H,6,8,15-19H2,1-5H3. The van der Waals surface area contributed by atoms with Crippen LogP contribution in [-0.4, -0.2) is 42.1 Å². The van der Waals surface area contributed by atoms with E-state index >= 15 is 0 Å². The smallest absolute Gasteiger partial charge is 0.259 e. The van der Waals surface area contributed by atoms with E-state index < -0.39 is 11.4 Å². The van der Waals surface area contributed by atoms with Gasteiger partial charge in [-0.25, -0.2) is 8.91 Å². The second-order valence-electron chi connectivity index (χ2n) is 12.2. The number of aliphatic hydroxyl groups is 1. The molecule has 4 aromatic rings. The van der Waals surface area contributed by atoms with Crippen LogP contribution in [0.4, 0.5) is 4.39 Å². The highest BCUT2D eigenvalue weighted by molar-refractivity contribution is 5.71. The highest BCUT2D eigenvalue weighted by Gasteiger charge is 2.31. The van der Waals surface area contributed by atoms with Crippen molar-refractivity contribution in [1.29, 1.82) is 5.26 Å². The predicted octanol–water partition coefficient (Wildman–Crippen LogP) is 6.08. The van der Waals surface area contributed by atoms with Gasteiger partial charge in [-0.3, -0.25) is 9.36 Å². The van der Waals surface area contributed by atoms with Crippen molar-refractivity contribution in [3.63, 3.8) is 0 Å². The van der Waals surface area contributed by atoms with Crippen LogP contribution in [0.5, 0.6) is 0 Å². The molecule has 1 aliphatic rings. The van der Waals surface area contributed by atoms with Crippen molar-refractivity contribution < 1.29 is 14.2 Å². The number of hydrogen-bond acceptors (Lipinski definition) is 6. The molecule has 0 aliphatic heterocycles. The van der Waals surface area contributed by atoms with E-state index in [2.05, 4.69) is 6.92 Å². The number of aryl methyl sites for hydroxylation is 2. The molecule has 226 valence electrons.